The van der Waals surface area contributed by atoms with Gasteiger partial charge < -0.3 is 10.1 Å². The highest BCUT2D eigenvalue weighted by molar-refractivity contribution is 9.10. The first-order chi connectivity index (χ1) is 13.1. The van der Waals surface area contributed by atoms with Crippen LogP contribution in [0.4, 0.5) is 4.39 Å². The molecule has 6 nitrogen and oxygen atoms in total. The second-order valence-corrected chi connectivity index (χ2v) is 7.76. The zero-order chi connectivity index (χ0) is 19.1. The Morgan fingerprint density at radius 1 is 1.21 bits per heavy atom. The Labute approximate surface area is 181 Å². The van der Waals surface area contributed by atoms with Crippen LogP contribution in [0.25, 0.3) is 0 Å². The van der Waals surface area contributed by atoms with Crippen molar-refractivity contribution in [3.63, 3.8) is 0 Å². The van der Waals surface area contributed by atoms with Crippen LogP contribution in [0.1, 0.15) is 11.1 Å². The standard InChI is InChI=1S/C18H19BrFN5OS.ClH/c1-25-18(22-23-24-25)27-9-8-21-11-14-10-15(19)4-7-17(14)26-12-13-2-5-16(20)6-3-13;/h2-7,10,21H,8-9,11-12H2,1H3;1H. The molecule has 0 saturated heterocycles. The lowest BCUT2D eigenvalue weighted by atomic mass is 10.2. The topological polar surface area (TPSA) is 64.9 Å². The number of rotatable bonds is 9. The van der Waals surface area contributed by atoms with E-state index in [4.69, 9.17) is 4.74 Å². The third kappa shape index (κ3) is 6.73. The number of hydrogen-bond acceptors (Lipinski definition) is 6. The molecule has 1 heterocycles. The van der Waals surface area contributed by atoms with Crippen molar-refractivity contribution in [1.82, 2.24) is 25.5 Å². The number of halogens is 3. The van der Waals surface area contributed by atoms with Crippen LogP contribution in [0, 0.1) is 5.82 Å². The minimum absolute atomic E-state index is 0. The summed E-state index contributed by atoms with van der Waals surface area (Å²) in [5.41, 5.74) is 1.98. The molecule has 0 aliphatic carbocycles. The molecule has 0 atom stereocenters. The van der Waals surface area contributed by atoms with Gasteiger partial charge in [0.1, 0.15) is 18.2 Å². The second-order valence-electron chi connectivity index (χ2n) is 5.78. The molecular weight excluding hydrogens is 469 g/mol. The number of aryl methyl sites for hydroxylation is 1. The minimum Gasteiger partial charge on any atom is -0.489 e. The number of aromatic nitrogens is 4. The van der Waals surface area contributed by atoms with Crippen molar-refractivity contribution in [1.29, 1.82) is 0 Å². The molecule has 0 fully saturated rings. The van der Waals surface area contributed by atoms with E-state index in [2.05, 4.69) is 36.8 Å². The Balaban J connectivity index is 0.00000280. The molecule has 1 aromatic heterocycles. The molecule has 150 valence electrons. The van der Waals surface area contributed by atoms with Crippen LogP contribution < -0.4 is 10.1 Å². The number of ether oxygens (including phenoxy) is 1. The maximum Gasteiger partial charge on any atom is 0.209 e. The summed E-state index contributed by atoms with van der Waals surface area (Å²) in [5, 5.41) is 15.6. The maximum atomic E-state index is 13.0. The molecule has 10 heteroatoms. The summed E-state index contributed by atoms with van der Waals surface area (Å²) in [4.78, 5) is 0. The van der Waals surface area contributed by atoms with Crippen molar-refractivity contribution in [3.05, 3.63) is 63.9 Å². The molecule has 0 bridgehead atoms. The first-order valence-electron chi connectivity index (χ1n) is 8.33. The van der Waals surface area contributed by atoms with Gasteiger partial charge in [-0.1, -0.05) is 39.8 Å². The monoisotopic (exact) mass is 487 g/mol. The fourth-order valence-corrected chi connectivity index (χ4v) is 3.50. The Bertz CT molecular complexity index is 881. The number of hydrogen-bond donors (Lipinski definition) is 1. The lowest BCUT2D eigenvalue weighted by molar-refractivity contribution is 0.302. The van der Waals surface area contributed by atoms with Crippen LogP contribution in [0.2, 0.25) is 0 Å². The van der Waals surface area contributed by atoms with Gasteiger partial charge in [-0.05, 0) is 46.3 Å². The van der Waals surface area contributed by atoms with E-state index in [9.17, 15) is 4.39 Å². The quantitative estimate of drug-likeness (QED) is 0.363. The maximum absolute atomic E-state index is 13.0. The van der Waals surface area contributed by atoms with Crippen LogP contribution >= 0.6 is 40.1 Å². The van der Waals surface area contributed by atoms with Crippen molar-refractivity contribution in [2.75, 3.05) is 12.3 Å². The summed E-state index contributed by atoms with van der Waals surface area (Å²) in [5.74, 6) is 1.41. The Morgan fingerprint density at radius 2 is 2.00 bits per heavy atom. The molecule has 0 amide bonds. The summed E-state index contributed by atoms with van der Waals surface area (Å²) < 4.78 is 21.6. The van der Waals surface area contributed by atoms with Gasteiger partial charge in [0.15, 0.2) is 0 Å². The number of benzene rings is 2. The van der Waals surface area contributed by atoms with Crippen molar-refractivity contribution in [2.45, 2.75) is 18.3 Å². The lowest BCUT2D eigenvalue weighted by Crippen LogP contribution is -2.17. The van der Waals surface area contributed by atoms with Crippen molar-refractivity contribution in [3.8, 4) is 5.75 Å². The van der Waals surface area contributed by atoms with E-state index < -0.39 is 0 Å². The molecule has 3 aromatic rings. The fraction of sp³-hybridized carbons (Fsp3) is 0.278. The Kier molecular flexibility index (Phi) is 9.17. The molecule has 0 saturated carbocycles. The highest BCUT2D eigenvalue weighted by atomic mass is 79.9. The Morgan fingerprint density at radius 3 is 2.71 bits per heavy atom. The average molecular weight is 489 g/mol. The van der Waals surface area contributed by atoms with Gasteiger partial charge in [-0.2, -0.15) is 0 Å². The lowest BCUT2D eigenvalue weighted by Gasteiger charge is -2.13. The van der Waals surface area contributed by atoms with Crippen molar-refractivity contribution < 1.29 is 9.13 Å². The summed E-state index contributed by atoms with van der Waals surface area (Å²) in [6.45, 7) is 1.88. The molecular formula is C18H20BrClFN5OS. The molecule has 28 heavy (non-hydrogen) atoms. The van der Waals surface area contributed by atoms with E-state index in [1.165, 1.54) is 12.1 Å². The normalized spacial score (nSPS) is 10.5. The molecule has 1 N–H and O–H groups in total. The number of nitrogens with one attached hydrogen (secondary N) is 1. The van der Waals surface area contributed by atoms with E-state index in [-0.39, 0.29) is 18.2 Å². The van der Waals surface area contributed by atoms with E-state index in [0.717, 1.165) is 38.8 Å². The predicted octanol–water partition coefficient (Wildman–Crippen LogP) is 3.99. The smallest absolute Gasteiger partial charge is 0.209 e. The molecule has 0 aliphatic rings. The largest absolute Gasteiger partial charge is 0.489 e. The van der Waals surface area contributed by atoms with Crippen LogP contribution in [0.3, 0.4) is 0 Å². The van der Waals surface area contributed by atoms with Gasteiger partial charge in [-0.25, -0.2) is 9.07 Å². The van der Waals surface area contributed by atoms with Crippen molar-refractivity contribution in [2.24, 2.45) is 7.05 Å². The highest BCUT2D eigenvalue weighted by Crippen LogP contribution is 2.24. The zero-order valence-corrected chi connectivity index (χ0v) is 18.4. The van der Waals surface area contributed by atoms with Crippen LogP contribution in [0.5, 0.6) is 5.75 Å². The van der Waals surface area contributed by atoms with Gasteiger partial charge in [0.2, 0.25) is 5.16 Å². The third-order valence-corrected chi connectivity index (χ3v) is 5.24. The molecule has 0 aliphatic heterocycles. The van der Waals surface area contributed by atoms with Crippen LogP contribution in [0.15, 0.2) is 52.1 Å². The third-order valence-electron chi connectivity index (χ3n) is 3.74. The number of thioether (sulfide) groups is 1. The average Bonchev–Trinajstić information content (AvgIpc) is 3.07. The summed E-state index contributed by atoms with van der Waals surface area (Å²) in [6.07, 6.45) is 0. The van der Waals surface area contributed by atoms with Gasteiger partial charge in [0.05, 0.1) is 0 Å². The summed E-state index contributed by atoms with van der Waals surface area (Å²) >= 11 is 5.10. The zero-order valence-electron chi connectivity index (χ0n) is 15.1. The molecule has 2 aromatic carbocycles. The number of tetrazole rings is 1. The van der Waals surface area contributed by atoms with Gasteiger partial charge in [0, 0.05) is 35.9 Å². The highest BCUT2D eigenvalue weighted by Gasteiger charge is 2.07. The number of nitrogens with zero attached hydrogens (tertiary/aromatic N) is 4. The fourth-order valence-electron chi connectivity index (χ4n) is 2.35. The molecule has 3 rings (SSSR count). The Hall–Kier alpha value is -1.68. The van der Waals surface area contributed by atoms with Crippen molar-refractivity contribution >= 4 is 40.1 Å². The van der Waals surface area contributed by atoms with Crippen LogP contribution in [-0.4, -0.2) is 32.5 Å². The minimum atomic E-state index is -0.248. The SMILES string of the molecule is Cl.Cn1nnnc1SCCNCc1cc(Br)ccc1OCc1ccc(F)cc1. The van der Waals surface area contributed by atoms with Gasteiger partial charge in [0.25, 0.3) is 0 Å². The van der Waals surface area contributed by atoms with E-state index >= 15 is 0 Å². The molecule has 0 spiro atoms. The van der Waals surface area contributed by atoms with Gasteiger partial charge in [-0.15, -0.1) is 17.5 Å². The second kappa shape index (κ2) is 11.4. The molecule has 0 radical (unpaired) electrons. The van der Waals surface area contributed by atoms with Gasteiger partial charge in [-0.3, -0.25) is 0 Å². The van der Waals surface area contributed by atoms with Crippen LogP contribution in [-0.2, 0) is 20.2 Å². The predicted molar refractivity (Wildman–Crippen MR) is 113 cm³/mol. The van der Waals surface area contributed by atoms with Gasteiger partial charge >= 0.3 is 0 Å². The molecule has 0 unspecified atom stereocenters. The first-order valence-corrected chi connectivity index (χ1v) is 10.1. The first kappa shape index (κ1) is 22.6. The summed E-state index contributed by atoms with van der Waals surface area (Å²) in [6, 6.07) is 12.2. The van der Waals surface area contributed by atoms with E-state index in [1.807, 2.05) is 25.2 Å². The van der Waals surface area contributed by atoms with E-state index in [0.29, 0.717) is 13.2 Å². The summed E-state index contributed by atoms with van der Waals surface area (Å²) in [7, 11) is 1.82. The van der Waals surface area contributed by atoms with E-state index in [1.54, 1.807) is 28.6 Å².